The average Bonchev–Trinajstić information content (AvgIpc) is 2.36. The molecule has 0 aliphatic heterocycles. The van der Waals surface area contributed by atoms with Crippen LogP contribution in [-0.4, -0.2) is 27.0 Å². The largest absolute Gasteiger partial charge is 0.380 e. The summed E-state index contributed by atoms with van der Waals surface area (Å²) in [7, 11) is -3.39. The first-order chi connectivity index (χ1) is 9.30. The van der Waals surface area contributed by atoms with Gasteiger partial charge in [0.05, 0.1) is 4.90 Å². The zero-order chi connectivity index (χ0) is 15.2. The molecule has 0 aliphatic carbocycles. The van der Waals surface area contributed by atoms with Crippen LogP contribution in [0.25, 0.3) is 0 Å². The van der Waals surface area contributed by atoms with E-state index in [9.17, 15) is 8.42 Å². The summed E-state index contributed by atoms with van der Waals surface area (Å²) in [6.45, 7) is 7.11. The van der Waals surface area contributed by atoms with Crippen molar-refractivity contribution >= 4 is 15.7 Å². The number of anilines is 1. The van der Waals surface area contributed by atoms with Crippen molar-refractivity contribution in [1.82, 2.24) is 4.72 Å². The molecule has 4 N–H and O–H groups in total. The molecule has 0 amide bonds. The fraction of sp³-hybridized carbons (Fsp3) is 0.571. The van der Waals surface area contributed by atoms with Gasteiger partial charge in [-0.05, 0) is 57.5 Å². The molecule has 20 heavy (non-hydrogen) atoms. The van der Waals surface area contributed by atoms with Crippen LogP contribution in [0.1, 0.15) is 33.6 Å². The summed E-state index contributed by atoms with van der Waals surface area (Å²) in [6, 6.07) is 6.77. The normalized spacial score (nSPS) is 12.4. The number of rotatable bonds is 8. The van der Waals surface area contributed by atoms with Crippen molar-refractivity contribution in [1.29, 1.82) is 0 Å². The lowest BCUT2D eigenvalue weighted by atomic mass is 10.0. The van der Waals surface area contributed by atoms with Crippen molar-refractivity contribution in [2.75, 3.05) is 18.4 Å². The molecule has 1 aromatic rings. The fourth-order valence-corrected chi connectivity index (χ4v) is 2.99. The third-order valence-corrected chi connectivity index (χ3v) is 4.44. The summed E-state index contributed by atoms with van der Waals surface area (Å²) in [5.41, 5.74) is 6.34. The summed E-state index contributed by atoms with van der Waals surface area (Å²) in [5.74, 6) is 0. The topological polar surface area (TPSA) is 84.2 Å². The highest BCUT2D eigenvalue weighted by Crippen LogP contribution is 2.19. The van der Waals surface area contributed by atoms with E-state index in [4.69, 9.17) is 5.73 Å². The van der Waals surface area contributed by atoms with Gasteiger partial charge in [-0.2, -0.15) is 0 Å². The van der Waals surface area contributed by atoms with Crippen LogP contribution in [0.4, 0.5) is 5.69 Å². The van der Waals surface area contributed by atoms with Gasteiger partial charge in [0.25, 0.3) is 0 Å². The summed E-state index contributed by atoms with van der Waals surface area (Å²) < 4.78 is 26.4. The highest BCUT2D eigenvalue weighted by Gasteiger charge is 2.17. The van der Waals surface area contributed by atoms with Gasteiger partial charge in [-0.3, -0.25) is 0 Å². The van der Waals surface area contributed by atoms with Crippen molar-refractivity contribution in [2.45, 2.75) is 44.0 Å². The Labute approximate surface area is 122 Å². The second-order valence-electron chi connectivity index (χ2n) is 5.47. The van der Waals surface area contributed by atoms with E-state index in [0.717, 1.165) is 18.5 Å². The molecule has 0 aliphatic rings. The average molecular weight is 299 g/mol. The number of benzene rings is 1. The van der Waals surface area contributed by atoms with Gasteiger partial charge in [0, 0.05) is 17.8 Å². The van der Waals surface area contributed by atoms with E-state index < -0.39 is 10.0 Å². The van der Waals surface area contributed by atoms with Crippen molar-refractivity contribution < 1.29 is 8.42 Å². The molecule has 114 valence electrons. The van der Waals surface area contributed by atoms with E-state index in [1.54, 1.807) is 24.3 Å². The Morgan fingerprint density at radius 1 is 1.20 bits per heavy atom. The highest BCUT2D eigenvalue weighted by molar-refractivity contribution is 7.89. The first-order valence-electron chi connectivity index (χ1n) is 6.89. The minimum absolute atomic E-state index is 0.115. The van der Waals surface area contributed by atoms with Crippen molar-refractivity contribution in [3.63, 3.8) is 0 Å². The number of hydrogen-bond acceptors (Lipinski definition) is 4. The molecule has 0 saturated heterocycles. The van der Waals surface area contributed by atoms with Gasteiger partial charge < -0.3 is 11.1 Å². The van der Waals surface area contributed by atoms with Gasteiger partial charge >= 0.3 is 0 Å². The Kier molecular flexibility index (Phi) is 5.98. The molecule has 0 unspecified atom stereocenters. The molecule has 5 nitrogen and oxygen atoms in total. The monoisotopic (exact) mass is 299 g/mol. The van der Waals surface area contributed by atoms with E-state index in [-0.39, 0.29) is 10.4 Å². The minimum Gasteiger partial charge on any atom is -0.380 e. The molecule has 0 spiro atoms. The van der Waals surface area contributed by atoms with Crippen molar-refractivity contribution in [3.8, 4) is 0 Å². The lowest BCUT2D eigenvalue weighted by molar-refractivity contribution is 0.526. The smallest absolute Gasteiger partial charge is 0.240 e. The Balaban J connectivity index is 2.79. The summed E-state index contributed by atoms with van der Waals surface area (Å²) in [5, 5.41) is 3.35. The predicted molar refractivity (Wildman–Crippen MR) is 83.3 cm³/mol. The van der Waals surface area contributed by atoms with Crippen LogP contribution in [0.2, 0.25) is 0 Å². The first-order valence-corrected chi connectivity index (χ1v) is 8.37. The standard InChI is InChI=1S/C14H25N3O2S/c1-4-11-16-20(18,19)13-7-5-12(6-8-13)17-14(2,3)9-10-15/h5-8,16-17H,4,9-11,15H2,1-3H3. The number of hydrogen-bond donors (Lipinski definition) is 3. The lowest BCUT2D eigenvalue weighted by Crippen LogP contribution is -2.33. The molecule has 6 heteroatoms. The Morgan fingerprint density at radius 3 is 2.30 bits per heavy atom. The van der Waals surface area contributed by atoms with Crippen molar-refractivity contribution in [3.05, 3.63) is 24.3 Å². The van der Waals surface area contributed by atoms with E-state index >= 15 is 0 Å². The molecule has 0 heterocycles. The second kappa shape index (κ2) is 7.06. The molecule has 0 saturated carbocycles. The maximum Gasteiger partial charge on any atom is 0.240 e. The van der Waals surface area contributed by atoms with Crippen molar-refractivity contribution in [2.24, 2.45) is 5.73 Å². The number of nitrogens with one attached hydrogen (secondary N) is 2. The van der Waals surface area contributed by atoms with Crippen LogP contribution in [-0.2, 0) is 10.0 Å². The number of sulfonamides is 1. The summed E-state index contributed by atoms with van der Waals surface area (Å²) >= 11 is 0. The lowest BCUT2D eigenvalue weighted by Gasteiger charge is -2.27. The van der Waals surface area contributed by atoms with Gasteiger partial charge in [0.1, 0.15) is 0 Å². The fourth-order valence-electron chi connectivity index (χ4n) is 1.85. The third-order valence-electron chi connectivity index (χ3n) is 2.96. The van der Waals surface area contributed by atoms with Gasteiger partial charge in [0.2, 0.25) is 10.0 Å². The first kappa shape index (κ1) is 16.9. The van der Waals surface area contributed by atoms with E-state index in [2.05, 4.69) is 23.9 Å². The van der Waals surface area contributed by atoms with Gasteiger partial charge in [0.15, 0.2) is 0 Å². The van der Waals surface area contributed by atoms with E-state index in [0.29, 0.717) is 13.1 Å². The van der Waals surface area contributed by atoms with Crippen LogP contribution in [0, 0.1) is 0 Å². The Bertz CT molecular complexity index is 510. The van der Waals surface area contributed by atoms with Crippen LogP contribution < -0.4 is 15.8 Å². The van der Waals surface area contributed by atoms with Crippen LogP contribution in [0.3, 0.4) is 0 Å². The quantitative estimate of drug-likeness (QED) is 0.684. The SMILES string of the molecule is CCCNS(=O)(=O)c1ccc(NC(C)(C)CCN)cc1. The minimum atomic E-state index is -3.39. The highest BCUT2D eigenvalue weighted by atomic mass is 32.2. The molecule has 0 fully saturated rings. The van der Waals surface area contributed by atoms with Crippen LogP contribution in [0.15, 0.2) is 29.2 Å². The predicted octanol–water partition coefficient (Wildman–Crippen LogP) is 1.91. The van der Waals surface area contributed by atoms with E-state index in [1.807, 2.05) is 6.92 Å². The zero-order valence-electron chi connectivity index (χ0n) is 12.4. The van der Waals surface area contributed by atoms with Gasteiger partial charge in [-0.25, -0.2) is 13.1 Å². The van der Waals surface area contributed by atoms with Gasteiger partial charge in [-0.1, -0.05) is 6.92 Å². The molecular weight excluding hydrogens is 274 g/mol. The zero-order valence-corrected chi connectivity index (χ0v) is 13.3. The summed E-state index contributed by atoms with van der Waals surface area (Å²) in [6.07, 6.45) is 1.61. The Hall–Kier alpha value is -1.11. The maximum atomic E-state index is 11.9. The van der Waals surface area contributed by atoms with Crippen LogP contribution in [0.5, 0.6) is 0 Å². The molecule has 1 aromatic carbocycles. The second-order valence-corrected chi connectivity index (χ2v) is 7.24. The molecule has 0 atom stereocenters. The molecule has 1 rings (SSSR count). The van der Waals surface area contributed by atoms with E-state index in [1.165, 1.54) is 0 Å². The molecule has 0 bridgehead atoms. The van der Waals surface area contributed by atoms with Crippen LogP contribution >= 0.6 is 0 Å². The maximum absolute atomic E-state index is 11.9. The molecule has 0 aromatic heterocycles. The third kappa shape index (κ3) is 5.11. The molecular formula is C14H25N3O2S. The molecule has 0 radical (unpaired) electrons. The Morgan fingerprint density at radius 2 is 1.80 bits per heavy atom. The number of nitrogens with two attached hydrogens (primary N) is 1. The summed E-state index contributed by atoms with van der Waals surface area (Å²) in [4.78, 5) is 0.285. The van der Waals surface area contributed by atoms with Gasteiger partial charge in [-0.15, -0.1) is 0 Å².